The Morgan fingerprint density at radius 3 is 2.64 bits per heavy atom. The second-order valence-electron chi connectivity index (χ2n) is 6.45. The number of hydrogen-bond donors (Lipinski definition) is 2. The van der Waals surface area contributed by atoms with E-state index in [1.807, 2.05) is 6.92 Å². The zero-order valence-electron chi connectivity index (χ0n) is 15.5. The van der Waals surface area contributed by atoms with Crippen molar-refractivity contribution < 1.29 is 14.0 Å². The normalized spacial score (nSPS) is 14.2. The summed E-state index contributed by atoms with van der Waals surface area (Å²) < 4.78 is 14.2. The molecule has 0 aromatic heterocycles. The van der Waals surface area contributed by atoms with Gasteiger partial charge in [0.15, 0.2) is 0 Å². The van der Waals surface area contributed by atoms with Crippen LogP contribution in [-0.2, 0) is 6.54 Å². The van der Waals surface area contributed by atoms with E-state index in [1.54, 1.807) is 46.2 Å². The van der Waals surface area contributed by atoms with Gasteiger partial charge in [0.2, 0.25) is 0 Å². The Labute approximate surface area is 168 Å². The van der Waals surface area contributed by atoms with Gasteiger partial charge in [-0.3, -0.25) is 4.90 Å². The lowest BCUT2D eigenvalue weighted by Crippen LogP contribution is -2.49. The third kappa shape index (κ3) is 4.54. The zero-order chi connectivity index (χ0) is 20.1. The van der Waals surface area contributed by atoms with Crippen LogP contribution in [0.4, 0.5) is 25.4 Å². The molecule has 0 radical (unpaired) electrons. The summed E-state index contributed by atoms with van der Waals surface area (Å²) in [5.74, 6) is -0.491. The van der Waals surface area contributed by atoms with E-state index in [9.17, 15) is 14.0 Å². The molecule has 0 spiro atoms. The van der Waals surface area contributed by atoms with Gasteiger partial charge in [-0.15, -0.1) is 0 Å². The van der Waals surface area contributed by atoms with Crippen LogP contribution in [0.3, 0.4) is 0 Å². The number of rotatable bonds is 5. The van der Waals surface area contributed by atoms with E-state index in [1.165, 1.54) is 6.07 Å². The zero-order valence-corrected chi connectivity index (χ0v) is 16.3. The molecule has 28 heavy (non-hydrogen) atoms. The maximum absolute atomic E-state index is 14.2. The van der Waals surface area contributed by atoms with Crippen LogP contribution in [0.2, 0.25) is 5.02 Å². The third-order valence-electron chi connectivity index (χ3n) is 4.48. The number of nitrogens with zero attached hydrogens (tertiary/aromatic N) is 2. The molecule has 2 aromatic rings. The summed E-state index contributed by atoms with van der Waals surface area (Å²) >= 11 is 5.84. The van der Waals surface area contributed by atoms with Crippen LogP contribution in [0, 0.1) is 5.82 Å². The Morgan fingerprint density at radius 1 is 1.18 bits per heavy atom. The first-order valence-corrected chi connectivity index (χ1v) is 9.51. The molecule has 1 heterocycles. The van der Waals surface area contributed by atoms with Gasteiger partial charge in [-0.25, -0.2) is 14.0 Å². The molecule has 148 valence electrons. The first-order valence-electron chi connectivity index (χ1n) is 9.14. The van der Waals surface area contributed by atoms with Crippen molar-refractivity contribution in [1.29, 1.82) is 0 Å². The van der Waals surface area contributed by atoms with Crippen molar-refractivity contribution in [2.75, 3.05) is 29.9 Å². The molecule has 0 saturated carbocycles. The number of anilines is 2. The van der Waals surface area contributed by atoms with Gasteiger partial charge in [0, 0.05) is 36.6 Å². The van der Waals surface area contributed by atoms with Crippen molar-refractivity contribution in [3.8, 4) is 0 Å². The average Bonchev–Trinajstić information content (AvgIpc) is 2.68. The van der Waals surface area contributed by atoms with Crippen molar-refractivity contribution in [3.63, 3.8) is 0 Å². The molecule has 1 saturated heterocycles. The van der Waals surface area contributed by atoms with Crippen molar-refractivity contribution >= 4 is 35.0 Å². The number of nitrogens with one attached hydrogen (secondary N) is 2. The van der Waals surface area contributed by atoms with E-state index in [0.29, 0.717) is 30.9 Å². The summed E-state index contributed by atoms with van der Waals surface area (Å²) in [6.07, 6.45) is 0.771. The lowest BCUT2D eigenvalue weighted by Gasteiger charge is -2.35. The van der Waals surface area contributed by atoms with E-state index in [0.717, 1.165) is 12.1 Å². The van der Waals surface area contributed by atoms with Crippen molar-refractivity contribution in [2.45, 2.75) is 19.9 Å². The monoisotopic (exact) mass is 404 g/mol. The molecule has 4 amide bonds. The highest BCUT2D eigenvalue weighted by molar-refractivity contribution is 6.30. The highest BCUT2D eigenvalue weighted by atomic mass is 35.5. The minimum atomic E-state index is -0.491. The second-order valence-corrected chi connectivity index (χ2v) is 6.86. The predicted octanol–water partition coefficient (Wildman–Crippen LogP) is 4.45. The van der Waals surface area contributed by atoms with Crippen molar-refractivity contribution in [3.05, 3.63) is 58.9 Å². The van der Waals surface area contributed by atoms with Gasteiger partial charge in [-0.1, -0.05) is 23.7 Å². The van der Waals surface area contributed by atoms with E-state index in [-0.39, 0.29) is 23.6 Å². The molecule has 2 aromatic carbocycles. The Bertz CT molecular complexity index is 860. The van der Waals surface area contributed by atoms with Gasteiger partial charge < -0.3 is 15.5 Å². The maximum Gasteiger partial charge on any atom is 0.324 e. The highest BCUT2D eigenvalue weighted by Crippen LogP contribution is 2.25. The number of urea groups is 2. The van der Waals surface area contributed by atoms with E-state index in [4.69, 9.17) is 11.6 Å². The Balaban J connectivity index is 1.70. The number of hydrogen-bond acceptors (Lipinski definition) is 2. The summed E-state index contributed by atoms with van der Waals surface area (Å²) in [6.45, 7) is 3.67. The molecule has 0 unspecified atom stereocenters. The third-order valence-corrected chi connectivity index (χ3v) is 4.77. The van der Waals surface area contributed by atoms with Crippen LogP contribution in [0.25, 0.3) is 0 Å². The summed E-state index contributed by atoms with van der Waals surface area (Å²) in [7, 11) is 0. The Morgan fingerprint density at radius 2 is 1.93 bits per heavy atom. The average molecular weight is 405 g/mol. The van der Waals surface area contributed by atoms with Gasteiger partial charge >= 0.3 is 12.1 Å². The SMILES string of the molecule is CCNC(=O)Nc1ccc(N2CCCN(Cc3cccc(Cl)c3F)C2=O)cc1. The van der Waals surface area contributed by atoms with Gasteiger partial charge in [0.1, 0.15) is 5.82 Å². The molecule has 2 N–H and O–H groups in total. The number of benzene rings is 2. The standard InChI is InChI=1S/C20H22ClFN4O2/c1-2-23-19(27)24-15-7-9-16(10-8-15)26-12-4-11-25(20(26)28)13-14-5-3-6-17(21)18(14)22/h3,5-10H,2,4,11-13H2,1H3,(H2,23,24,27). The lowest BCUT2D eigenvalue weighted by molar-refractivity contribution is 0.192. The quantitative estimate of drug-likeness (QED) is 0.773. The van der Waals surface area contributed by atoms with Crippen LogP contribution >= 0.6 is 11.6 Å². The van der Waals surface area contributed by atoms with E-state index < -0.39 is 5.82 Å². The van der Waals surface area contributed by atoms with Crippen molar-refractivity contribution in [2.24, 2.45) is 0 Å². The van der Waals surface area contributed by atoms with Gasteiger partial charge in [-0.2, -0.15) is 0 Å². The van der Waals surface area contributed by atoms with Gasteiger partial charge in [-0.05, 0) is 43.7 Å². The van der Waals surface area contributed by atoms with Crippen LogP contribution in [0.15, 0.2) is 42.5 Å². The molecule has 1 aliphatic heterocycles. The molecule has 0 atom stereocenters. The van der Waals surface area contributed by atoms with Crippen molar-refractivity contribution in [1.82, 2.24) is 10.2 Å². The van der Waals surface area contributed by atoms with E-state index >= 15 is 0 Å². The van der Waals surface area contributed by atoms with Crippen LogP contribution < -0.4 is 15.5 Å². The molecule has 8 heteroatoms. The molecule has 3 rings (SSSR count). The molecule has 1 fully saturated rings. The Kier molecular flexibility index (Phi) is 6.36. The topological polar surface area (TPSA) is 64.7 Å². The maximum atomic E-state index is 14.2. The molecule has 0 bridgehead atoms. The summed E-state index contributed by atoms with van der Waals surface area (Å²) in [5.41, 5.74) is 1.75. The van der Waals surface area contributed by atoms with Crippen LogP contribution in [-0.4, -0.2) is 36.6 Å². The first kappa shape index (κ1) is 19.9. The second kappa shape index (κ2) is 8.93. The first-order chi connectivity index (χ1) is 13.5. The fraction of sp³-hybridized carbons (Fsp3) is 0.300. The molecule has 0 aliphatic carbocycles. The molecule has 1 aliphatic rings. The van der Waals surface area contributed by atoms with E-state index in [2.05, 4.69) is 10.6 Å². The predicted molar refractivity (Wildman–Crippen MR) is 108 cm³/mol. The summed E-state index contributed by atoms with van der Waals surface area (Å²) in [5, 5.41) is 5.42. The van der Waals surface area contributed by atoms with Gasteiger partial charge in [0.05, 0.1) is 11.6 Å². The molecule has 6 nitrogen and oxygen atoms in total. The number of carbonyl (C=O) groups is 2. The number of carbonyl (C=O) groups excluding carboxylic acids is 2. The highest BCUT2D eigenvalue weighted by Gasteiger charge is 2.27. The number of halogens is 2. The fourth-order valence-corrected chi connectivity index (χ4v) is 3.30. The van der Waals surface area contributed by atoms with Crippen LogP contribution in [0.1, 0.15) is 18.9 Å². The minimum absolute atomic E-state index is 0.0500. The Hall–Kier alpha value is -2.80. The summed E-state index contributed by atoms with van der Waals surface area (Å²) in [6, 6.07) is 11.4. The molecular weight excluding hydrogens is 383 g/mol. The molecular formula is C20H22ClFN4O2. The smallest absolute Gasteiger partial charge is 0.324 e. The minimum Gasteiger partial charge on any atom is -0.338 e. The van der Waals surface area contributed by atoms with Gasteiger partial charge in [0.25, 0.3) is 0 Å². The number of amides is 4. The largest absolute Gasteiger partial charge is 0.338 e. The van der Waals surface area contributed by atoms with Crippen LogP contribution in [0.5, 0.6) is 0 Å². The summed E-state index contributed by atoms with van der Waals surface area (Å²) in [4.78, 5) is 27.7. The fourth-order valence-electron chi connectivity index (χ4n) is 3.10. The lowest BCUT2D eigenvalue weighted by atomic mass is 10.1.